The lowest BCUT2D eigenvalue weighted by Crippen LogP contribution is -2.60. The molecule has 1 N–H and O–H groups in total. The van der Waals surface area contributed by atoms with Crippen molar-refractivity contribution in [2.75, 3.05) is 20.1 Å². The van der Waals surface area contributed by atoms with E-state index in [1.807, 2.05) is 4.68 Å². The molecular formula is C16H31N5. The molecule has 120 valence electrons. The van der Waals surface area contributed by atoms with Crippen molar-refractivity contribution >= 4 is 0 Å². The van der Waals surface area contributed by atoms with Gasteiger partial charge in [-0.25, -0.2) is 4.98 Å². The molecule has 5 heteroatoms. The number of hydrogen-bond acceptors (Lipinski definition) is 4. The van der Waals surface area contributed by atoms with Gasteiger partial charge in [0.25, 0.3) is 0 Å². The molecule has 0 aromatic carbocycles. The Morgan fingerprint density at radius 1 is 1.29 bits per heavy atom. The van der Waals surface area contributed by atoms with Gasteiger partial charge in [0.05, 0.1) is 0 Å². The third kappa shape index (κ3) is 3.14. The third-order valence-electron chi connectivity index (χ3n) is 5.24. The lowest BCUT2D eigenvalue weighted by molar-refractivity contribution is 0.0647. The number of nitrogens with one attached hydrogen (secondary N) is 1. The molecule has 2 rings (SSSR count). The van der Waals surface area contributed by atoms with Crippen molar-refractivity contribution in [1.82, 2.24) is 25.0 Å². The first-order valence-corrected chi connectivity index (χ1v) is 8.50. The number of aryl methyl sites for hydroxylation is 1. The average Bonchev–Trinajstić information content (AvgIpc) is 3.15. The molecule has 1 heterocycles. The molecule has 1 aromatic heterocycles. The predicted molar refractivity (Wildman–Crippen MR) is 86.4 cm³/mol. The summed E-state index contributed by atoms with van der Waals surface area (Å²) in [5.41, 5.74) is 0.281. The van der Waals surface area contributed by atoms with Gasteiger partial charge < -0.3 is 5.32 Å². The number of rotatable bonds is 8. The zero-order valence-electron chi connectivity index (χ0n) is 14.1. The van der Waals surface area contributed by atoms with Crippen LogP contribution in [0.2, 0.25) is 0 Å². The van der Waals surface area contributed by atoms with Gasteiger partial charge in [0.2, 0.25) is 0 Å². The first-order chi connectivity index (χ1) is 10.2. The Hall–Kier alpha value is -0.940. The lowest BCUT2D eigenvalue weighted by atomic mass is 9.83. The second-order valence-electron chi connectivity index (χ2n) is 6.02. The maximum atomic E-state index is 4.48. The van der Waals surface area contributed by atoms with Crippen LogP contribution in [0, 0.1) is 0 Å². The summed E-state index contributed by atoms with van der Waals surface area (Å²) in [5.74, 6) is 1.11. The Labute approximate surface area is 129 Å². The van der Waals surface area contributed by atoms with Crippen LogP contribution in [0.15, 0.2) is 6.33 Å². The van der Waals surface area contributed by atoms with Gasteiger partial charge in [-0.1, -0.05) is 26.7 Å². The van der Waals surface area contributed by atoms with Crippen LogP contribution in [0.4, 0.5) is 0 Å². The molecule has 1 aliphatic rings. The van der Waals surface area contributed by atoms with Crippen LogP contribution in [0.25, 0.3) is 0 Å². The highest BCUT2D eigenvalue weighted by Gasteiger charge is 2.44. The van der Waals surface area contributed by atoms with E-state index in [0.717, 1.165) is 31.9 Å². The summed E-state index contributed by atoms with van der Waals surface area (Å²) >= 11 is 0. The molecule has 21 heavy (non-hydrogen) atoms. The highest BCUT2D eigenvalue weighted by molar-refractivity contribution is 5.06. The largest absolute Gasteiger partial charge is 0.315 e. The number of aromatic nitrogens is 3. The van der Waals surface area contributed by atoms with Crippen LogP contribution in [0.5, 0.6) is 0 Å². The molecule has 1 saturated carbocycles. The van der Waals surface area contributed by atoms with Gasteiger partial charge in [0, 0.05) is 24.5 Å². The van der Waals surface area contributed by atoms with E-state index in [0.29, 0.717) is 6.04 Å². The zero-order valence-corrected chi connectivity index (χ0v) is 14.1. The summed E-state index contributed by atoms with van der Waals surface area (Å²) in [5, 5.41) is 7.92. The Morgan fingerprint density at radius 3 is 2.48 bits per heavy atom. The van der Waals surface area contributed by atoms with E-state index in [4.69, 9.17) is 0 Å². The molecule has 0 spiro atoms. The van der Waals surface area contributed by atoms with Gasteiger partial charge in [-0.05, 0) is 39.9 Å². The fourth-order valence-electron chi connectivity index (χ4n) is 4.18. The summed E-state index contributed by atoms with van der Waals surface area (Å²) in [6, 6.07) is 0.439. The minimum absolute atomic E-state index is 0.281. The Bertz CT molecular complexity index is 418. The van der Waals surface area contributed by atoms with Crippen molar-refractivity contribution in [3.05, 3.63) is 12.2 Å². The summed E-state index contributed by atoms with van der Waals surface area (Å²) in [6.45, 7) is 9.83. The standard InChI is InChI=1S/C16H31N5/c1-5-20(6-2)16(10-8-9-11-16)14(17-4)12-15-18-13-19-21(15)7-3/h13-14,17H,5-12H2,1-4H3. The molecule has 1 aliphatic carbocycles. The second-order valence-corrected chi connectivity index (χ2v) is 6.02. The van der Waals surface area contributed by atoms with E-state index in [1.54, 1.807) is 6.33 Å². The molecule has 5 nitrogen and oxygen atoms in total. The minimum Gasteiger partial charge on any atom is -0.315 e. The van der Waals surface area contributed by atoms with Crippen LogP contribution in [0.3, 0.4) is 0 Å². The van der Waals surface area contributed by atoms with Crippen LogP contribution in [-0.4, -0.2) is 51.4 Å². The maximum absolute atomic E-state index is 4.48. The minimum atomic E-state index is 0.281. The second kappa shape index (κ2) is 7.36. The topological polar surface area (TPSA) is 46.0 Å². The Kier molecular flexibility index (Phi) is 5.76. The van der Waals surface area contributed by atoms with Crippen molar-refractivity contribution < 1.29 is 0 Å². The van der Waals surface area contributed by atoms with Crippen molar-refractivity contribution in [3.63, 3.8) is 0 Å². The maximum Gasteiger partial charge on any atom is 0.138 e. The molecule has 0 aliphatic heterocycles. The van der Waals surface area contributed by atoms with Crippen molar-refractivity contribution in [2.45, 2.75) is 71.0 Å². The average molecular weight is 293 g/mol. The summed E-state index contributed by atoms with van der Waals surface area (Å²) in [4.78, 5) is 7.14. The number of hydrogen-bond donors (Lipinski definition) is 1. The SMILES string of the molecule is CCN(CC)C1(C(Cc2ncnn2CC)NC)CCCC1. The summed E-state index contributed by atoms with van der Waals surface area (Å²) < 4.78 is 2.02. The quantitative estimate of drug-likeness (QED) is 0.797. The van der Waals surface area contributed by atoms with Crippen molar-refractivity contribution in [3.8, 4) is 0 Å². The molecule has 0 amide bonds. The molecular weight excluding hydrogens is 262 g/mol. The smallest absolute Gasteiger partial charge is 0.138 e. The molecule has 0 bridgehead atoms. The van der Waals surface area contributed by atoms with Crippen LogP contribution < -0.4 is 5.32 Å². The summed E-state index contributed by atoms with van der Waals surface area (Å²) in [6.07, 6.45) is 7.91. The normalized spacial score (nSPS) is 19.3. The predicted octanol–water partition coefficient (Wildman–Crippen LogP) is 2.08. The first-order valence-electron chi connectivity index (χ1n) is 8.50. The highest BCUT2D eigenvalue weighted by Crippen LogP contribution is 2.39. The molecule has 0 radical (unpaired) electrons. The van der Waals surface area contributed by atoms with Gasteiger partial charge in [-0.15, -0.1) is 0 Å². The first kappa shape index (κ1) is 16.4. The monoisotopic (exact) mass is 293 g/mol. The van der Waals surface area contributed by atoms with E-state index < -0.39 is 0 Å². The fourth-order valence-corrected chi connectivity index (χ4v) is 4.18. The van der Waals surface area contributed by atoms with Gasteiger partial charge in [-0.3, -0.25) is 9.58 Å². The van der Waals surface area contributed by atoms with Crippen LogP contribution in [-0.2, 0) is 13.0 Å². The fraction of sp³-hybridized carbons (Fsp3) is 0.875. The Morgan fingerprint density at radius 2 is 1.95 bits per heavy atom. The third-order valence-corrected chi connectivity index (χ3v) is 5.24. The van der Waals surface area contributed by atoms with E-state index >= 15 is 0 Å². The molecule has 0 saturated heterocycles. The van der Waals surface area contributed by atoms with Crippen LogP contribution >= 0.6 is 0 Å². The lowest BCUT2D eigenvalue weighted by Gasteiger charge is -2.46. The van der Waals surface area contributed by atoms with E-state index in [1.165, 1.54) is 25.7 Å². The molecule has 1 atom stereocenters. The van der Waals surface area contributed by atoms with E-state index in [2.05, 4.69) is 48.1 Å². The number of nitrogens with zero attached hydrogens (tertiary/aromatic N) is 4. The van der Waals surface area contributed by atoms with Crippen LogP contribution in [0.1, 0.15) is 52.3 Å². The van der Waals surface area contributed by atoms with Crippen molar-refractivity contribution in [2.24, 2.45) is 0 Å². The van der Waals surface area contributed by atoms with E-state index in [9.17, 15) is 0 Å². The molecule has 1 unspecified atom stereocenters. The van der Waals surface area contributed by atoms with Gasteiger partial charge in [0.15, 0.2) is 0 Å². The summed E-state index contributed by atoms with van der Waals surface area (Å²) in [7, 11) is 2.10. The van der Waals surface area contributed by atoms with Gasteiger partial charge >= 0.3 is 0 Å². The Balaban J connectivity index is 2.24. The van der Waals surface area contributed by atoms with Crippen molar-refractivity contribution in [1.29, 1.82) is 0 Å². The highest BCUT2D eigenvalue weighted by atomic mass is 15.3. The van der Waals surface area contributed by atoms with Gasteiger partial charge in [0.1, 0.15) is 12.2 Å². The molecule has 1 fully saturated rings. The van der Waals surface area contributed by atoms with E-state index in [-0.39, 0.29) is 5.54 Å². The van der Waals surface area contributed by atoms with Gasteiger partial charge in [-0.2, -0.15) is 5.10 Å². The molecule has 1 aromatic rings. The number of likely N-dealkylation sites (N-methyl/N-ethyl adjacent to an activating group) is 2. The zero-order chi connectivity index (χ0) is 15.3.